The van der Waals surface area contributed by atoms with Crippen molar-refractivity contribution in [2.45, 2.75) is 6.54 Å². The van der Waals surface area contributed by atoms with Crippen molar-refractivity contribution in [2.75, 3.05) is 7.11 Å². The van der Waals surface area contributed by atoms with Crippen molar-refractivity contribution in [3.8, 4) is 6.07 Å². The molecule has 0 saturated heterocycles. The minimum atomic E-state index is -0.687. The first-order valence-corrected chi connectivity index (χ1v) is 4.15. The Labute approximate surface area is 86.1 Å². The lowest BCUT2D eigenvalue weighted by molar-refractivity contribution is 0.0600. The average Bonchev–Trinajstić information content (AvgIpc) is 2.28. The molecular weight excluding hydrogens is 199 g/mol. The van der Waals surface area contributed by atoms with Gasteiger partial charge in [-0.2, -0.15) is 5.26 Å². The van der Waals surface area contributed by atoms with E-state index in [9.17, 15) is 9.18 Å². The molecule has 0 unspecified atom stereocenters. The number of nitriles is 1. The van der Waals surface area contributed by atoms with E-state index in [4.69, 9.17) is 11.0 Å². The number of rotatable bonds is 2. The Balaban J connectivity index is 3.34. The van der Waals surface area contributed by atoms with Gasteiger partial charge < -0.3 is 10.5 Å². The Morgan fingerprint density at radius 3 is 2.80 bits per heavy atom. The number of nitrogens with two attached hydrogens (primary N) is 1. The van der Waals surface area contributed by atoms with E-state index in [-0.39, 0.29) is 23.2 Å². The molecule has 0 aliphatic carbocycles. The third-order valence-corrected chi connectivity index (χ3v) is 1.91. The van der Waals surface area contributed by atoms with Crippen molar-refractivity contribution in [1.82, 2.24) is 0 Å². The highest BCUT2D eigenvalue weighted by Gasteiger charge is 2.14. The molecular formula is C10H9FN2O2. The molecule has 78 valence electrons. The minimum absolute atomic E-state index is 0.0780. The van der Waals surface area contributed by atoms with Crippen LogP contribution in [-0.2, 0) is 11.3 Å². The van der Waals surface area contributed by atoms with E-state index in [0.717, 1.165) is 6.07 Å². The van der Waals surface area contributed by atoms with Gasteiger partial charge in [0, 0.05) is 12.1 Å². The van der Waals surface area contributed by atoms with Crippen LogP contribution < -0.4 is 5.73 Å². The summed E-state index contributed by atoms with van der Waals surface area (Å²) in [6.45, 7) is -0.0780. The number of hydrogen-bond donors (Lipinski definition) is 1. The van der Waals surface area contributed by atoms with E-state index < -0.39 is 11.8 Å². The topological polar surface area (TPSA) is 76.1 Å². The lowest BCUT2D eigenvalue weighted by Crippen LogP contribution is -2.08. The first kappa shape index (κ1) is 11.1. The van der Waals surface area contributed by atoms with Gasteiger partial charge in [-0.25, -0.2) is 9.18 Å². The normalized spacial score (nSPS) is 9.47. The van der Waals surface area contributed by atoms with Crippen molar-refractivity contribution in [3.63, 3.8) is 0 Å². The SMILES string of the molecule is COC(=O)c1cc(C#N)c(F)c(CN)c1. The fraction of sp³-hybridized carbons (Fsp3) is 0.200. The second-order valence-corrected chi connectivity index (χ2v) is 2.80. The van der Waals surface area contributed by atoms with Crippen LogP contribution in [0.5, 0.6) is 0 Å². The summed E-state index contributed by atoms with van der Waals surface area (Å²) in [7, 11) is 1.21. The summed E-state index contributed by atoms with van der Waals surface area (Å²) in [5.74, 6) is -1.31. The second-order valence-electron chi connectivity index (χ2n) is 2.80. The molecule has 0 bridgehead atoms. The van der Waals surface area contributed by atoms with Gasteiger partial charge in [0.15, 0.2) is 0 Å². The summed E-state index contributed by atoms with van der Waals surface area (Å²) in [4.78, 5) is 11.2. The van der Waals surface area contributed by atoms with E-state index in [1.54, 1.807) is 6.07 Å². The standard InChI is InChI=1S/C10H9FN2O2/c1-15-10(14)6-2-7(4-12)9(11)8(3-6)5-13/h2-3H,4,12H2,1H3. The maximum atomic E-state index is 13.4. The summed E-state index contributed by atoms with van der Waals surface area (Å²) in [5.41, 5.74) is 5.31. The van der Waals surface area contributed by atoms with E-state index in [1.807, 2.05) is 0 Å². The molecule has 1 aromatic carbocycles. The Morgan fingerprint density at radius 1 is 1.67 bits per heavy atom. The molecule has 5 heteroatoms. The summed E-state index contributed by atoms with van der Waals surface area (Å²) in [6.07, 6.45) is 0. The van der Waals surface area contributed by atoms with Crippen LogP contribution in [-0.4, -0.2) is 13.1 Å². The number of methoxy groups -OCH3 is 1. The van der Waals surface area contributed by atoms with Gasteiger partial charge in [0.2, 0.25) is 0 Å². The van der Waals surface area contributed by atoms with Crippen molar-refractivity contribution >= 4 is 5.97 Å². The molecule has 0 aliphatic rings. The summed E-state index contributed by atoms with van der Waals surface area (Å²) < 4.78 is 17.8. The molecule has 0 atom stereocenters. The molecule has 4 nitrogen and oxygen atoms in total. The van der Waals surface area contributed by atoms with Crippen molar-refractivity contribution in [1.29, 1.82) is 5.26 Å². The lowest BCUT2D eigenvalue weighted by atomic mass is 10.1. The molecule has 0 aromatic heterocycles. The Bertz CT molecular complexity index is 438. The molecule has 0 amide bonds. The number of carbonyl (C=O) groups excluding carboxylic acids is 1. The quantitative estimate of drug-likeness (QED) is 0.734. The van der Waals surface area contributed by atoms with Gasteiger partial charge in [0.05, 0.1) is 18.2 Å². The van der Waals surface area contributed by atoms with Crippen LogP contribution >= 0.6 is 0 Å². The lowest BCUT2D eigenvalue weighted by Gasteiger charge is -2.05. The zero-order valence-electron chi connectivity index (χ0n) is 8.08. The Morgan fingerprint density at radius 2 is 2.33 bits per heavy atom. The number of esters is 1. The Hall–Kier alpha value is -1.93. The molecule has 0 spiro atoms. The fourth-order valence-electron chi connectivity index (χ4n) is 1.15. The molecule has 0 heterocycles. The van der Waals surface area contributed by atoms with E-state index in [1.165, 1.54) is 13.2 Å². The predicted octanol–water partition coefficient (Wildman–Crippen LogP) is 0.943. The molecule has 0 aliphatic heterocycles. The maximum Gasteiger partial charge on any atom is 0.337 e. The van der Waals surface area contributed by atoms with Gasteiger partial charge >= 0.3 is 5.97 Å². The third kappa shape index (κ3) is 2.11. The number of ether oxygens (including phenoxy) is 1. The summed E-state index contributed by atoms with van der Waals surface area (Å²) in [5, 5.41) is 8.63. The number of carbonyl (C=O) groups is 1. The van der Waals surface area contributed by atoms with Gasteiger partial charge in [-0.1, -0.05) is 0 Å². The van der Waals surface area contributed by atoms with Crippen molar-refractivity contribution < 1.29 is 13.9 Å². The van der Waals surface area contributed by atoms with Crippen molar-refractivity contribution in [2.24, 2.45) is 5.73 Å². The fourth-order valence-corrected chi connectivity index (χ4v) is 1.15. The third-order valence-electron chi connectivity index (χ3n) is 1.91. The molecule has 0 radical (unpaired) electrons. The zero-order chi connectivity index (χ0) is 11.4. The van der Waals surface area contributed by atoms with E-state index in [2.05, 4.69) is 4.74 Å². The van der Waals surface area contributed by atoms with Crippen LogP contribution in [0.2, 0.25) is 0 Å². The molecule has 0 saturated carbocycles. The van der Waals surface area contributed by atoms with Gasteiger partial charge in [0.25, 0.3) is 0 Å². The highest BCUT2D eigenvalue weighted by molar-refractivity contribution is 5.90. The van der Waals surface area contributed by atoms with Crippen LogP contribution in [0.25, 0.3) is 0 Å². The van der Waals surface area contributed by atoms with Crippen molar-refractivity contribution in [3.05, 3.63) is 34.6 Å². The van der Waals surface area contributed by atoms with Crippen LogP contribution in [0.4, 0.5) is 4.39 Å². The smallest absolute Gasteiger partial charge is 0.337 e. The number of hydrogen-bond acceptors (Lipinski definition) is 4. The highest BCUT2D eigenvalue weighted by Crippen LogP contribution is 2.16. The zero-order valence-corrected chi connectivity index (χ0v) is 8.08. The largest absolute Gasteiger partial charge is 0.465 e. The molecule has 2 N–H and O–H groups in total. The average molecular weight is 208 g/mol. The highest BCUT2D eigenvalue weighted by atomic mass is 19.1. The monoisotopic (exact) mass is 208 g/mol. The van der Waals surface area contributed by atoms with Gasteiger partial charge in [-0.05, 0) is 12.1 Å². The number of benzene rings is 1. The molecule has 15 heavy (non-hydrogen) atoms. The summed E-state index contributed by atoms with van der Waals surface area (Å²) >= 11 is 0. The molecule has 1 rings (SSSR count). The van der Waals surface area contributed by atoms with Crippen LogP contribution in [0.15, 0.2) is 12.1 Å². The van der Waals surface area contributed by atoms with Gasteiger partial charge in [0.1, 0.15) is 11.9 Å². The van der Waals surface area contributed by atoms with E-state index >= 15 is 0 Å². The van der Waals surface area contributed by atoms with Crippen LogP contribution in [0.1, 0.15) is 21.5 Å². The maximum absolute atomic E-state index is 13.4. The molecule has 1 aromatic rings. The first-order valence-electron chi connectivity index (χ1n) is 4.15. The van der Waals surface area contributed by atoms with E-state index in [0.29, 0.717) is 0 Å². The van der Waals surface area contributed by atoms with Gasteiger partial charge in [-0.3, -0.25) is 0 Å². The number of nitrogens with zero attached hydrogens (tertiary/aromatic N) is 1. The Kier molecular flexibility index (Phi) is 3.37. The van der Waals surface area contributed by atoms with Crippen LogP contribution in [0, 0.1) is 17.1 Å². The van der Waals surface area contributed by atoms with Gasteiger partial charge in [-0.15, -0.1) is 0 Å². The molecule has 0 fully saturated rings. The number of halogens is 1. The predicted molar refractivity (Wildman–Crippen MR) is 50.3 cm³/mol. The first-order chi connectivity index (χ1) is 7.13. The summed E-state index contributed by atoms with van der Waals surface area (Å²) in [6, 6.07) is 4.07. The minimum Gasteiger partial charge on any atom is -0.465 e. The van der Waals surface area contributed by atoms with Crippen LogP contribution in [0.3, 0.4) is 0 Å². The second kappa shape index (κ2) is 4.53.